The molecule has 0 spiro atoms. The highest BCUT2D eigenvalue weighted by atomic mass is 16.5. The van der Waals surface area contributed by atoms with Gasteiger partial charge in [0.05, 0.1) is 7.11 Å². The Labute approximate surface area is 178 Å². The normalized spacial score (nSPS) is 14.3. The van der Waals surface area contributed by atoms with Crippen LogP contribution in [-0.4, -0.2) is 59.8 Å². The fourth-order valence-electron chi connectivity index (χ4n) is 3.49. The van der Waals surface area contributed by atoms with Crippen molar-refractivity contribution in [3.8, 4) is 0 Å². The van der Waals surface area contributed by atoms with E-state index < -0.39 is 23.5 Å². The van der Waals surface area contributed by atoms with Crippen LogP contribution in [0.5, 0.6) is 0 Å². The maximum atomic E-state index is 13.0. The molecule has 1 aliphatic rings. The first kappa shape index (κ1) is 21.6. The second-order valence-electron chi connectivity index (χ2n) is 6.94. The van der Waals surface area contributed by atoms with Gasteiger partial charge in [-0.25, -0.2) is 4.79 Å². The summed E-state index contributed by atoms with van der Waals surface area (Å²) in [5, 5.41) is 0. The van der Waals surface area contributed by atoms with Crippen molar-refractivity contribution in [1.29, 1.82) is 0 Å². The van der Waals surface area contributed by atoms with Gasteiger partial charge in [-0.2, -0.15) is 4.79 Å². The van der Waals surface area contributed by atoms with Crippen LogP contribution in [0.3, 0.4) is 0 Å². The average Bonchev–Trinajstić information content (AvgIpc) is 3.17. The van der Waals surface area contributed by atoms with Gasteiger partial charge in [0, 0.05) is 37.2 Å². The highest BCUT2D eigenvalue weighted by Gasteiger charge is 2.39. The molecule has 0 radical (unpaired) electrons. The minimum Gasteiger partial charge on any atom is -0.460 e. The highest BCUT2D eigenvalue weighted by molar-refractivity contribution is 6.62. The second kappa shape index (κ2) is 9.15. The van der Waals surface area contributed by atoms with Crippen LogP contribution in [0.25, 0.3) is 5.53 Å². The average molecular weight is 420 g/mol. The van der Waals surface area contributed by atoms with Gasteiger partial charge in [0.2, 0.25) is 5.91 Å². The standard InChI is InChI=1S/C22H20N4O5/c1-25(21(29)19(24-23)22(30)31-2)18(27)12-15-13-26(17-11-7-6-10-16(15)17)20(28)14-8-4-3-5-9-14/h3-11,15H,12-13H2,1-2H3. The predicted octanol–water partition coefficient (Wildman–Crippen LogP) is 1.65. The smallest absolute Gasteiger partial charge is 0.460 e. The number of anilines is 1. The van der Waals surface area contributed by atoms with E-state index in [1.807, 2.05) is 30.3 Å². The molecule has 0 saturated heterocycles. The molecule has 9 nitrogen and oxygen atoms in total. The van der Waals surface area contributed by atoms with Crippen LogP contribution in [0.15, 0.2) is 54.6 Å². The lowest BCUT2D eigenvalue weighted by Gasteiger charge is -2.19. The van der Waals surface area contributed by atoms with E-state index in [9.17, 15) is 19.2 Å². The Kier molecular flexibility index (Phi) is 6.37. The van der Waals surface area contributed by atoms with Gasteiger partial charge in [-0.1, -0.05) is 36.4 Å². The summed E-state index contributed by atoms with van der Waals surface area (Å²) in [7, 11) is 2.21. The van der Waals surface area contributed by atoms with Gasteiger partial charge in [0.1, 0.15) is 0 Å². The Morgan fingerprint density at radius 2 is 1.74 bits per heavy atom. The Hall–Kier alpha value is -4.10. The minimum atomic E-state index is -1.15. The molecule has 3 rings (SSSR count). The molecular formula is C22H20N4O5. The van der Waals surface area contributed by atoms with Gasteiger partial charge in [-0.05, 0) is 23.8 Å². The van der Waals surface area contributed by atoms with E-state index in [0.29, 0.717) is 16.2 Å². The topological polar surface area (TPSA) is 120 Å². The summed E-state index contributed by atoms with van der Waals surface area (Å²) in [5.74, 6) is -3.36. The third-order valence-corrected chi connectivity index (χ3v) is 5.12. The lowest BCUT2D eigenvalue weighted by Crippen LogP contribution is -2.42. The molecule has 0 aromatic heterocycles. The maximum absolute atomic E-state index is 13.0. The van der Waals surface area contributed by atoms with Crippen LogP contribution < -0.4 is 4.90 Å². The number of ether oxygens (including phenoxy) is 1. The number of benzene rings is 2. The van der Waals surface area contributed by atoms with Crippen LogP contribution in [0.1, 0.15) is 28.3 Å². The summed E-state index contributed by atoms with van der Waals surface area (Å²) in [4.78, 5) is 54.6. The lowest BCUT2D eigenvalue weighted by atomic mass is 9.97. The Bertz CT molecular complexity index is 1090. The first-order valence-electron chi connectivity index (χ1n) is 9.46. The summed E-state index contributed by atoms with van der Waals surface area (Å²) < 4.78 is 4.38. The van der Waals surface area contributed by atoms with Crippen LogP contribution in [-0.2, 0) is 19.1 Å². The van der Waals surface area contributed by atoms with Gasteiger partial charge in [0.25, 0.3) is 5.91 Å². The second-order valence-corrected chi connectivity index (χ2v) is 6.94. The molecule has 9 heteroatoms. The molecule has 31 heavy (non-hydrogen) atoms. The Morgan fingerprint density at radius 3 is 2.39 bits per heavy atom. The third-order valence-electron chi connectivity index (χ3n) is 5.12. The summed E-state index contributed by atoms with van der Waals surface area (Å²) >= 11 is 0. The summed E-state index contributed by atoms with van der Waals surface area (Å²) in [5.41, 5.74) is 10.1. The Morgan fingerprint density at radius 1 is 1.10 bits per heavy atom. The van der Waals surface area contributed by atoms with E-state index in [0.717, 1.165) is 12.7 Å². The Balaban J connectivity index is 1.80. The zero-order valence-electron chi connectivity index (χ0n) is 17.0. The number of methoxy groups -OCH3 is 1. The molecule has 0 N–H and O–H groups in total. The highest BCUT2D eigenvalue weighted by Crippen LogP contribution is 2.39. The maximum Gasteiger partial charge on any atom is 0.463 e. The van der Waals surface area contributed by atoms with E-state index in [2.05, 4.69) is 9.53 Å². The van der Waals surface area contributed by atoms with Gasteiger partial charge >= 0.3 is 17.6 Å². The molecule has 2 aromatic carbocycles. The number of carbonyl (C=O) groups excluding carboxylic acids is 4. The number of esters is 1. The minimum absolute atomic E-state index is 0.0856. The van der Waals surface area contributed by atoms with E-state index in [1.54, 1.807) is 29.2 Å². The molecule has 158 valence electrons. The van der Waals surface area contributed by atoms with Crippen molar-refractivity contribution >= 4 is 35.1 Å². The van der Waals surface area contributed by atoms with Crippen molar-refractivity contribution in [2.24, 2.45) is 0 Å². The van der Waals surface area contributed by atoms with Gasteiger partial charge in [-0.15, -0.1) is 0 Å². The lowest BCUT2D eigenvalue weighted by molar-refractivity contribution is -0.145. The van der Waals surface area contributed by atoms with Crippen molar-refractivity contribution in [2.75, 3.05) is 25.6 Å². The molecule has 0 bridgehead atoms. The van der Waals surface area contributed by atoms with Crippen LogP contribution in [0.2, 0.25) is 0 Å². The number of amides is 3. The van der Waals surface area contributed by atoms with E-state index >= 15 is 0 Å². The van der Waals surface area contributed by atoms with Crippen molar-refractivity contribution in [3.05, 3.63) is 71.3 Å². The third kappa shape index (κ3) is 4.26. The summed E-state index contributed by atoms with van der Waals surface area (Å²) in [6, 6.07) is 16.1. The zero-order valence-corrected chi connectivity index (χ0v) is 17.0. The number of fused-ring (bicyclic) bond motifs is 1. The fraction of sp³-hybridized carbons (Fsp3) is 0.227. The molecule has 0 saturated carbocycles. The number of hydrogen-bond acceptors (Lipinski definition) is 5. The van der Waals surface area contributed by atoms with Crippen LogP contribution in [0.4, 0.5) is 5.69 Å². The molecule has 3 amide bonds. The number of nitrogens with zero attached hydrogens (tertiary/aromatic N) is 4. The summed E-state index contributed by atoms with van der Waals surface area (Å²) in [6.45, 7) is 0.263. The fourth-order valence-corrected chi connectivity index (χ4v) is 3.49. The quantitative estimate of drug-likeness (QED) is 0.239. The van der Waals surface area contributed by atoms with Crippen molar-refractivity contribution in [1.82, 2.24) is 4.90 Å². The molecule has 1 heterocycles. The first-order chi connectivity index (χ1) is 14.9. The molecule has 1 atom stereocenters. The predicted molar refractivity (Wildman–Crippen MR) is 110 cm³/mol. The number of hydrogen-bond donors (Lipinski definition) is 0. The SMILES string of the molecule is COC(=O)C(=[N+]=[N-])C(=O)N(C)C(=O)CC1CN(C(=O)c2ccccc2)c2ccccc21. The van der Waals surface area contributed by atoms with Crippen molar-refractivity contribution in [2.45, 2.75) is 12.3 Å². The number of imide groups is 1. The molecule has 1 unspecified atom stereocenters. The first-order valence-corrected chi connectivity index (χ1v) is 9.46. The molecule has 1 aliphatic heterocycles. The van der Waals surface area contributed by atoms with E-state index in [4.69, 9.17) is 5.53 Å². The monoisotopic (exact) mass is 420 g/mol. The summed E-state index contributed by atoms with van der Waals surface area (Å²) in [6.07, 6.45) is -0.0856. The van der Waals surface area contributed by atoms with E-state index in [1.165, 1.54) is 7.05 Å². The van der Waals surface area contributed by atoms with Gasteiger partial charge < -0.3 is 15.2 Å². The largest absolute Gasteiger partial charge is 0.463 e. The molecule has 2 aromatic rings. The van der Waals surface area contributed by atoms with Crippen LogP contribution in [0, 0.1) is 0 Å². The number of para-hydroxylation sites is 1. The van der Waals surface area contributed by atoms with E-state index in [-0.39, 0.29) is 24.8 Å². The molecule has 0 aliphatic carbocycles. The molecule has 0 fully saturated rings. The van der Waals surface area contributed by atoms with Gasteiger partial charge in [0.15, 0.2) is 0 Å². The van der Waals surface area contributed by atoms with Crippen LogP contribution >= 0.6 is 0 Å². The zero-order chi connectivity index (χ0) is 22.5. The van der Waals surface area contributed by atoms with Crippen molar-refractivity contribution in [3.63, 3.8) is 0 Å². The number of rotatable bonds is 5. The molecular weight excluding hydrogens is 400 g/mol. The van der Waals surface area contributed by atoms with Gasteiger partial charge in [-0.3, -0.25) is 19.3 Å². The van der Waals surface area contributed by atoms with Crippen molar-refractivity contribution < 1.29 is 28.7 Å². The number of carbonyl (C=O) groups is 4.